The summed E-state index contributed by atoms with van der Waals surface area (Å²) < 4.78 is 30.3. The Labute approximate surface area is 109 Å². The summed E-state index contributed by atoms with van der Waals surface area (Å²) in [5.74, 6) is -0.115. The fourth-order valence-corrected chi connectivity index (χ4v) is 2.35. The summed E-state index contributed by atoms with van der Waals surface area (Å²) in [6.07, 6.45) is 0.586. The highest BCUT2D eigenvalue weighted by atomic mass is 16.5. The van der Waals surface area contributed by atoms with E-state index in [1.54, 1.807) is 21.0 Å². The molecule has 1 nitrogen and oxygen atoms in total. The molecule has 0 radical (unpaired) electrons. The van der Waals surface area contributed by atoms with E-state index in [1.165, 1.54) is 0 Å². The third-order valence-electron chi connectivity index (χ3n) is 3.31. The molecule has 0 unspecified atom stereocenters. The Bertz CT molecular complexity index is 582. The standard InChI is InChI=1S/C16H22O/c1-10(2)13-7-6-11(3)14-9-16(17-5)12(4)8-15(13)14/h7-11H,6H2,1-5H3/t11-/m0/s1/i7+1D,9+1D,10D,15+1. The topological polar surface area (TPSA) is 9.23 Å². The number of hydrogen-bond acceptors (Lipinski definition) is 1. The zero-order valence-corrected chi connectivity index (χ0v) is 11.3. The van der Waals surface area contributed by atoms with Crippen molar-refractivity contribution >= 4 is 5.57 Å². The molecule has 0 amide bonds. The summed E-state index contributed by atoms with van der Waals surface area (Å²) in [6.45, 7) is 7.56. The number of fused-ring (bicyclic) bond motifs is 1. The molecule has 17 heavy (non-hydrogen) atoms. The zero-order valence-electron chi connectivity index (χ0n) is 14.3. The van der Waals surface area contributed by atoms with Gasteiger partial charge in [-0.3, -0.25) is 0 Å². The molecular weight excluding hydrogens is 211 g/mol. The lowest BCUT2D eigenvalue weighted by atomic mass is 9.97. The quantitative estimate of drug-likeness (QED) is 0.684. The molecule has 1 aliphatic rings. The van der Waals surface area contributed by atoms with E-state index in [2.05, 4.69) is 0 Å². The van der Waals surface area contributed by atoms with Crippen LogP contribution in [0.5, 0.6) is 5.75 Å². The van der Waals surface area contributed by atoms with Crippen LogP contribution in [-0.4, -0.2) is 7.11 Å². The predicted octanol–water partition coefficient (Wildman–Crippen LogP) is 4.55. The fourth-order valence-electron chi connectivity index (χ4n) is 2.35. The van der Waals surface area contributed by atoms with Gasteiger partial charge in [-0.05, 0) is 59.5 Å². The highest BCUT2D eigenvalue weighted by molar-refractivity contribution is 5.73. The monoisotopic (exact) mass is 236 g/mol. The zero-order chi connectivity index (χ0) is 15.2. The average molecular weight is 236 g/mol. The molecule has 0 aliphatic heterocycles. The Morgan fingerprint density at radius 2 is 2.24 bits per heavy atom. The molecule has 0 saturated heterocycles. The largest absolute Gasteiger partial charge is 0.496 e. The Kier molecular flexibility index (Phi) is 2.36. The van der Waals surface area contributed by atoms with E-state index in [0.717, 1.165) is 22.3 Å². The molecule has 0 bridgehead atoms. The molecule has 1 aromatic carbocycles. The summed E-state index contributed by atoms with van der Waals surface area (Å²) in [6, 6.07) is 2.90. The second kappa shape index (κ2) is 4.56. The molecule has 92 valence electrons. The van der Waals surface area contributed by atoms with Gasteiger partial charge < -0.3 is 4.74 Å². The highest BCUT2D eigenvalue weighted by Crippen LogP contribution is 2.40. The van der Waals surface area contributed by atoms with Crippen molar-refractivity contribution < 1.29 is 8.85 Å². The lowest BCUT2D eigenvalue weighted by molar-refractivity contribution is 0.410. The minimum atomic E-state index is -0.834. The first-order chi connectivity index (χ1) is 9.18. The number of ether oxygens (including phenoxy) is 1. The minimum absolute atomic E-state index is 0.116. The van der Waals surface area contributed by atoms with Crippen LogP contribution in [-0.2, 0) is 0 Å². The molecule has 0 fully saturated rings. The third kappa shape index (κ3) is 2.11. The van der Waals surface area contributed by atoms with Crippen LogP contribution in [0.15, 0.2) is 18.2 Å². The van der Waals surface area contributed by atoms with Gasteiger partial charge >= 0.3 is 0 Å². The molecule has 0 N–H and O–H groups in total. The second-order valence-electron chi connectivity index (χ2n) is 4.97. The lowest BCUT2D eigenvalue weighted by Gasteiger charge is -2.26. The molecule has 0 heterocycles. The first-order valence-electron chi connectivity index (χ1n) is 7.57. The van der Waals surface area contributed by atoms with Gasteiger partial charge in [-0.15, -0.1) is 0 Å². The van der Waals surface area contributed by atoms with Gasteiger partial charge in [0.25, 0.3) is 0 Å². The van der Waals surface area contributed by atoms with Gasteiger partial charge in [0.2, 0.25) is 0 Å². The summed E-state index contributed by atoms with van der Waals surface area (Å²) in [7, 11) is 1.58. The summed E-state index contributed by atoms with van der Waals surface area (Å²) in [5, 5.41) is 0. The van der Waals surface area contributed by atoms with Crippen LogP contribution < -0.4 is 4.74 Å². The van der Waals surface area contributed by atoms with Gasteiger partial charge in [0.05, 0.1) is 9.85 Å². The van der Waals surface area contributed by atoms with Crippen molar-refractivity contribution in [1.29, 1.82) is 0 Å². The lowest BCUT2D eigenvalue weighted by Crippen LogP contribution is -2.08. The molecule has 0 aromatic heterocycles. The van der Waals surface area contributed by atoms with Gasteiger partial charge in [0.15, 0.2) is 0 Å². The van der Waals surface area contributed by atoms with Crippen molar-refractivity contribution in [3.05, 3.63) is 34.9 Å². The SMILES string of the molecule is [2H][13C]1=C(C([2H])(C)C)[13c]2cc(C)c(OC)[13c]([2H])c2[C@@H](C)C1. The Morgan fingerprint density at radius 1 is 1.53 bits per heavy atom. The van der Waals surface area contributed by atoms with Crippen LogP contribution in [0.25, 0.3) is 5.57 Å². The van der Waals surface area contributed by atoms with E-state index in [9.17, 15) is 0 Å². The number of hydrogen-bond donors (Lipinski definition) is 0. The van der Waals surface area contributed by atoms with Crippen molar-refractivity contribution in [3.63, 3.8) is 0 Å². The van der Waals surface area contributed by atoms with Crippen LogP contribution >= 0.6 is 0 Å². The average Bonchev–Trinajstić information content (AvgIpc) is 2.25. The van der Waals surface area contributed by atoms with E-state index >= 15 is 0 Å². The van der Waals surface area contributed by atoms with Crippen molar-refractivity contribution in [2.75, 3.05) is 7.11 Å². The molecule has 0 saturated carbocycles. The predicted molar refractivity (Wildman–Crippen MR) is 73.6 cm³/mol. The van der Waals surface area contributed by atoms with Gasteiger partial charge in [-0.25, -0.2) is 0 Å². The summed E-state index contributed by atoms with van der Waals surface area (Å²) in [5.41, 5.74) is 3.43. The van der Waals surface area contributed by atoms with Gasteiger partial charge in [0, 0.05) is 1.37 Å². The van der Waals surface area contributed by atoms with E-state index in [4.69, 9.17) is 8.85 Å². The molecule has 2 rings (SSSR count). The van der Waals surface area contributed by atoms with Crippen LogP contribution in [0.4, 0.5) is 0 Å². The molecule has 0 spiro atoms. The Hall–Kier alpha value is -1.24. The molecule has 1 heteroatoms. The van der Waals surface area contributed by atoms with E-state index in [-0.39, 0.29) is 5.92 Å². The maximum atomic E-state index is 8.39. The Balaban J connectivity index is 2.81. The van der Waals surface area contributed by atoms with Crippen molar-refractivity contribution in [1.82, 2.24) is 0 Å². The third-order valence-corrected chi connectivity index (χ3v) is 3.31. The van der Waals surface area contributed by atoms with Crippen molar-refractivity contribution in [2.24, 2.45) is 5.89 Å². The Morgan fingerprint density at radius 3 is 2.82 bits per heavy atom. The number of methoxy groups -OCH3 is 1. The number of benzene rings is 1. The summed E-state index contributed by atoms with van der Waals surface area (Å²) in [4.78, 5) is 0. The van der Waals surface area contributed by atoms with Gasteiger partial charge in [-0.1, -0.05) is 26.8 Å². The van der Waals surface area contributed by atoms with Crippen LogP contribution in [0, 0.1) is 12.8 Å². The molecule has 1 atom stereocenters. The number of aryl methyl sites for hydroxylation is 1. The first kappa shape index (κ1) is 8.79. The van der Waals surface area contributed by atoms with Crippen molar-refractivity contribution in [2.45, 2.75) is 40.0 Å². The highest BCUT2D eigenvalue weighted by Gasteiger charge is 2.21. The maximum Gasteiger partial charge on any atom is 0.122 e. The van der Waals surface area contributed by atoms with Crippen LogP contribution in [0.3, 0.4) is 0 Å². The molecular formula is C16H22O. The fraction of sp³-hybridized carbons (Fsp3) is 0.500. The van der Waals surface area contributed by atoms with E-state index in [1.807, 2.05) is 19.9 Å². The minimum Gasteiger partial charge on any atom is -0.496 e. The van der Waals surface area contributed by atoms with Crippen LogP contribution in [0.2, 0.25) is 0 Å². The molecule has 1 aromatic rings. The van der Waals surface area contributed by atoms with E-state index < -0.39 is 5.89 Å². The normalized spacial score (nSPS) is 22.6. The van der Waals surface area contributed by atoms with E-state index in [0.29, 0.717) is 24.3 Å². The van der Waals surface area contributed by atoms with Crippen molar-refractivity contribution in [3.8, 4) is 5.75 Å². The summed E-state index contributed by atoms with van der Waals surface area (Å²) >= 11 is 0. The first-order valence-corrected chi connectivity index (χ1v) is 6.07. The van der Waals surface area contributed by atoms with Gasteiger partial charge in [-0.2, -0.15) is 0 Å². The second-order valence-corrected chi connectivity index (χ2v) is 4.97. The molecule has 1 aliphatic carbocycles. The van der Waals surface area contributed by atoms with Gasteiger partial charge in [0.1, 0.15) is 5.75 Å². The number of allylic oxidation sites excluding steroid dienone is 2. The maximum absolute atomic E-state index is 8.39. The smallest absolute Gasteiger partial charge is 0.122 e. The van der Waals surface area contributed by atoms with Crippen LogP contribution in [0.1, 0.15) is 53.9 Å². The number of rotatable bonds is 2.